The summed E-state index contributed by atoms with van der Waals surface area (Å²) >= 11 is 0. The van der Waals surface area contributed by atoms with E-state index < -0.39 is 0 Å². The largest absolute Gasteiger partial charge is 0.409 e. The first-order valence-corrected chi connectivity index (χ1v) is 5.98. The van der Waals surface area contributed by atoms with Gasteiger partial charge in [0.2, 0.25) is 0 Å². The van der Waals surface area contributed by atoms with Gasteiger partial charge in [0.1, 0.15) is 0 Å². The number of rotatable bonds is 3. The summed E-state index contributed by atoms with van der Waals surface area (Å²) in [5.41, 5.74) is 7.16. The molecule has 0 saturated carbocycles. The second-order valence-electron chi connectivity index (χ2n) is 4.61. The molecular formula is C12H18N4O2. The molecule has 0 aromatic carbocycles. The fourth-order valence-corrected chi connectivity index (χ4v) is 2.31. The molecule has 1 aromatic heterocycles. The van der Waals surface area contributed by atoms with Crippen molar-refractivity contribution in [1.29, 1.82) is 0 Å². The molecule has 1 fully saturated rings. The molecule has 0 bridgehead atoms. The van der Waals surface area contributed by atoms with Crippen LogP contribution in [0, 0.1) is 5.92 Å². The van der Waals surface area contributed by atoms with E-state index >= 15 is 0 Å². The van der Waals surface area contributed by atoms with Gasteiger partial charge in [-0.2, -0.15) is 0 Å². The van der Waals surface area contributed by atoms with Crippen molar-refractivity contribution in [3.8, 4) is 0 Å². The number of aliphatic hydroxyl groups excluding tert-OH is 1. The first-order valence-electron chi connectivity index (χ1n) is 5.98. The number of hydrogen-bond donors (Lipinski definition) is 3. The number of aliphatic hydroxyl groups is 1. The highest BCUT2D eigenvalue weighted by Crippen LogP contribution is 2.27. The zero-order chi connectivity index (χ0) is 13.1. The number of nitrogens with two attached hydrogens (primary N) is 1. The monoisotopic (exact) mass is 250 g/mol. The van der Waals surface area contributed by atoms with E-state index in [1.54, 1.807) is 18.5 Å². The Hall–Kier alpha value is -1.82. The number of pyridine rings is 1. The lowest BCUT2D eigenvalue weighted by atomic mass is 10.0. The van der Waals surface area contributed by atoms with Crippen molar-refractivity contribution in [2.24, 2.45) is 16.8 Å². The van der Waals surface area contributed by atoms with Gasteiger partial charge >= 0.3 is 0 Å². The topological polar surface area (TPSA) is 95.0 Å². The van der Waals surface area contributed by atoms with Crippen LogP contribution in [0.15, 0.2) is 23.6 Å². The van der Waals surface area contributed by atoms with Crippen LogP contribution in [0.4, 0.5) is 5.69 Å². The molecule has 6 heteroatoms. The van der Waals surface area contributed by atoms with Gasteiger partial charge in [-0.3, -0.25) is 4.98 Å². The Kier molecular flexibility index (Phi) is 3.66. The van der Waals surface area contributed by atoms with Crippen LogP contribution in [0.1, 0.15) is 18.9 Å². The van der Waals surface area contributed by atoms with Gasteiger partial charge in [0, 0.05) is 30.8 Å². The quantitative estimate of drug-likeness (QED) is 0.312. The van der Waals surface area contributed by atoms with E-state index in [4.69, 9.17) is 10.9 Å². The number of aromatic nitrogens is 1. The first-order chi connectivity index (χ1) is 8.63. The van der Waals surface area contributed by atoms with E-state index in [1.807, 2.05) is 6.92 Å². The molecule has 1 aliphatic heterocycles. The fraction of sp³-hybridized carbons (Fsp3) is 0.500. The maximum Gasteiger partial charge on any atom is 0.172 e. The van der Waals surface area contributed by atoms with Gasteiger partial charge in [0.05, 0.1) is 18.0 Å². The molecule has 1 aliphatic rings. The zero-order valence-corrected chi connectivity index (χ0v) is 10.3. The highest BCUT2D eigenvalue weighted by Gasteiger charge is 2.27. The van der Waals surface area contributed by atoms with Crippen LogP contribution in [-0.2, 0) is 0 Å². The molecule has 0 radical (unpaired) electrons. The summed E-state index contributed by atoms with van der Waals surface area (Å²) in [5.74, 6) is 0.332. The Labute approximate surface area is 106 Å². The van der Waals surface area contributed by atoms with Gasteiger partial charge in [-0.15, -0.1) is 0 Å². The van der Waals surface area contributed by atoms with Crippen LogP contribution < -0.4 is 10.6 Å². The predicted octanol–water partition coefficient (Wildman–Crippen LogP) is 0.383. The third-order valence-electron chi connectivity index (χ3n) is 3.43. The molecule has 4 N–H and O–H groups in total. The summed E-state index contributed by atoms with van der Waals surface area (Å²) in [5, 5.41) is 21.4. The first kappa shape index (κ1) is 12.6. The maximum atomic E-state index is 9.61. The molecule has 2 heterocycles. The van der Waals surface area contributed by atoms with Crippen molar-refractivity contribution < 1.29 is 10.3 Å². The third-order valence-corrected chi connectivity index (χ3v) is 3.43. The highest BCUT2D eigenvalue weighted by molar-refractivity contribution is 6.02. The highest BCUT2D eigenvalue weighted by atomic mass is 16.4. The number of nitrogens with zero attached hydrogens (tertiary/aromatic N) is 3. The molecule has 18 heavy (non-hydrogen) atoms. The number of hydrogen-bond acceptors (Lipinski definition) is 5. The van der Waals surface area contributed by atoms with Gasteiger partial charge in [0.25, 0.3) is 0 Å². The summed E-state index contributed by atoms with van der Waals surface area (Å²) in [6.45, 7) is 3.41. The SMILES string of the molecule is CC(O)C1CCN(c2cnccc2/C(N)=N/O)C1. The third kappa shape index (κ3) is 2.38. The minimum Gasteiger partial charge on any atom is -0.409 e. The van der Waals surface area contributed by atoms with Crippen LogP contribution in [0.3, 0.4) is 0 Å². The number of amidine groups is 1. The van der Waals surface area contributed by atoms with Crippen molar-refractivity contribution in [2.75, 3.05) is 18.0 Å². The van der Waals surface area contributed by atoms with Crippen LogP contribution in [-0.4, -0.2) is 40.3 Å². The van der Waals surface area contributed by atoms with Crippen molar-refractivity contribution in [2.45, 2.75) is 19.4 Å². The molecule has 2 rings (SSSR count). The van der Waals surface area contributed by atoms with Crippen molar-refractivity contribution in [1.82, 2.24) is 4.98 Å². The van der Waals surface area contributed by atoms with E-state index in [0.29, 0.717) is 5.56 Å². The molecular weight excluding hydrogens is 232 g/mol. The van der Waals surface area contributed by atoms with Gasteiger partial charge in [-0.25, -0.2) is 0 Å². The van der Waals surface area contributed by atoms with Crippen molar-refractivity contribution >= 4 is 11.5 Å². The minimum atomic E-state index is -0.320. The van der Waals surface area contributed by atoms with Crippen LogP contribution in [0.2, 0.25) is 0 Å². The molecule has 1 aromatic rings. The van der Waals surface area contributed by atoms with E-state index in [-0.39, 0.29) is 17.9 Å². The lowest BCUT2D eigenvalue weighted by molar-refractivity contribution is 0.136. The Morgan fingerprint density at radius 3 is 3.06 bits per heavy atom. The average molecular weight is 250 g/mol. The van der Waals surface area contributed by atoms with Crippen LogP contribution in [0.5, 0.6) is 0 Å². The number of anilines is 1. The summed E-state index contributed by atoms with van der Waals surface area (Å²) in [7, 11) is 0. The molecule has 2 atom stereocenters. The van der Waals surface area contributed by atoms with E-state index in [0.717, 1.165) is 25.2 Å². The van der Waals surface area contributed by atoms with E-state index in [9.17, 15) is 5.11 Å². The second kappa shape index (κ2) is 5.22. The maximum absolute atomic E-state index is 9.61. The molecule has 1 saturated heterocycles. The molecule has 98 valence electrons. The standard InChI is InChI=1S/C12H18N4O2/c1-8(17)9-3-5-16(7-9)11-6-14-4-2-10(11)12(13)15-18/h2,4,6,8-9,17-18H,3,5,7H2,1H3,(H2,13,15). The second-order valence-corrected chi connectivity index (χ2v) is 4.61. The Balaban J connectivity index is 2.25. The van der Waals surface area contributed by atoms with Crippen molar-refractivity contribution in [3.63, 3.8) is 0 Å². The van der Waals surface area contributed by atoms with Gasteiger partial charge in [0.15, 0.2) is 5.84 Å². The van der Waals surface area contributed by atoms with Crippen molar-refractivity contribution in [3.05, 3.63) is 24.0 Å². The van der Waals surface area contributed by atoms with E-state index in [2.05, 4.69) is 15.0 Å². The normalized spacial score (nSPS) is 22.2. The average Bonchev–Trinajstić information content (AvgIpc) is 2.87. The lowest BCUT2D eigenvalue weighted by Crippen LogP contribution is -2.27. The van der Waals surface area contributed by atoms with Crippen LogP contribution >= 0.6 is 0 Å². The minimum absolute atomic E-state index is 0.0768. The molecule has 0 spiro atoms. The fourth-order valence-electron chi connectivity index (χ4n) is 2.31. The predicted molar refractivity (Wildman–Crippen MR) is 68.7 cm³/mol. The molecule has 6 nitrogen and oxygen atoms in total. The lowest BCUT2D eigenvalue weighted by Gasteiger charge is -2.21. The Morgan fingerprint density at radius 2 is 2.44 bits per heavy atom. The molecule has 2 unspecified atom stereocenters. The zero-order valence-electron chi connectivity index (χ0n) is 10.3. The summed E-state index contributed by atoms with van der Waals surface area (Å²) in [6.07, 6.45) is 3.93. The Bertz CT molecular complexity index is 447. The van der Waals surface area contributed by atoms with Gasteiger partial charge in [-0.05, 0) is 19.4 Å². The molecule has 0 aliphatic carbocycles. The summed E-state index contributed by atoms with van der Waals surface area (Å²) < 4.78 is 0. The number of oxime groups is 1. The van der Waals surface area contributed by atoms with Gasteiger partial charge in [-0.1, -0.05) is 5.16 Å². The molecule has 0 amide bonds. The summed E-state index contributed by atoms with van der Waals surface area (Å²) in [6, 6.07) is 1.72. The summed E-state index contributed by atoms with van der Waals surface area (Å²) in [4.78, 5) is 6.19. The van der Waals surface area contributed by atoms with Gasteiger partial charge < -0.3 is 20.9 Å². The Morgan fingerprint density at radius 1 is 1.67 bits per heavy atom. The van der Waals surface area contributed by atoms with E-state index in [1.165, 1.54) is 0 Å². The van der Waals surface area contributed by atoms with Crippen LogP contribution in [0.25, 0.3) is 0 Å². The smallest absolute Gasteiger partial charge is 0.172 e.